The molecular formula is C26H22I2N2O6S. The van der Waals surface area contributed by atoms with Crippen LogP contribution in [0.2, 0.25) is 0 Å². The number of ether oxygens (including phenoxy) is 2. The van der Waals surface area contributed by atoms with Crippen molar-refractivity contribution >= 4 is 74.5 Å². The summed E-state index contributed by atoms with van der Waals surface area (Å²) in [6, 6.07) is 10.7. The topological polar surface area (TPSA) is 107 Å². The van der Waals surface area contributed by atoms with E-state index < -0.39 is 24.6 Å². The molecule has 0 fully saturated rings. The second kappa shape index (κ2) is 11.5. The molecule has 1 aliphatic heterocycles. The number of aliphatic carboxylic acids is 1. The van der Waals surface area contributed by atoms with Crippen molar-refractivity contribution in [2.24, 2.45) is 4.99 Å². The fourth-order valence-electron chi connectivity index (χ4n) is 3.94. The predicted molar refractivity (Wildman–Crippen MR) is 157 cm³/mol. The van der Waals surface area contributed by atoms with E-state index in [0.717, 1.165) is 23.8 Å². The lowest BCUT2D eigenvalue weighted by atomic mass is 9.95. The normalized spacial score (nSPS) is 15.3. The maximum atomic E-state index is 13.7. The Morgan fingerprint density at radius 1 is 1.16 bits per heavy atom. The highest BCUT2D eigenvalue weighted by Gasteiger charge is 2.33. The van der Waals surface area contributed by atoms with E-state index in [0.29, 0.717) is 26.4 Å². The lowest BCUT2D eigenvalue weighted by Crippen LogP contribution is -2.39. The van der Waals surface area contributed by atoms with Crippen LogP contribution in [0.25, 0.3) is 6.08 Å². The summed E-state index contributed by atoms with van der Waals surface area (Å²) in [5.74, 6) is -1.07. The Bertz CT molecular complexity index is 1580. The van der Waals surface area contributed by atoms with E-state index in [1.54, 1.807) is 24.5 Å². The van der Waals surface area contributed by atoms with Gasteiger partial charge >= 0.3 is 11.9 Å². The van der Waals surface area contributed by atoms with Crippen LogP contribution >= 0.6 is 56.5 Å². The molecule has 0 aliphatic carbocycles. The standard InChI is InChI=1S/C26H22I2N2O6S/c1-4-35-25(34)21-14(3)29-26-30(22(21)16-7-5-13(2)6-8-16)24(33)19(37-26)11-15-9-17(27)23(18(28)10-15)36-12-20(31)32/h5-11,22H,4,12H2,1-3H3,(H,31,32)/b19-11+/t22-/m0/s1. The van der Waals surface area contributed by atoms with E-state index in [9.17, 15) is 14.4 Å². The third kappa shape index (κ3) is 5.82. The van der Waals surface area contributed by atoms with Gasteiger partial charge < -0.3 is 14.6 Å². The first-order chi connectivity index (χ1) is 17.6. The summed E-state index contributed by atoms with van der Waals surface area (Å²) >= 11 is 5.41. The molecule has 0 amide bonds. The number of hydrogen-bond donors (Lipinski definition) is 1. The van der Waals surface area contributed by atoms with Gasteiger partial charge in [-0.15, -0.1) is 0 Å². The summed E-state index contributed by atoms with van der Waals surface area (Å²) in [6.45, 7) is 5.24. The Kier molecular flexibility index (Phi) is 8.53. The molecule has 1 atom stereocenters. The largest absolute Gasteiger partial charge is 0.480 e. The molecule has 0 radical (unpaired) electrons. The van der Waals surface area contributed by atoms with Crippen LogP contribution in [0.1, 0.15) is 36.6 Å². The first-order valence-corrected chi connectivity index (χ1v) is 14.2. The number of nitrogens with zero attached hydrogens (tertiary/aromatic N) is 2. The molecule has 1 N–H and O–H groups in total. The highest BCUT2D eigenvalue weighted by Crippen LogP contribution is 2.31. The van der Waals surface area contributed by atoms with E-state index in [1.165, 1.54) is 11.3 Å². The number of carboxylic acids is 1. The number of carbonyl (C=O) groups excluding carboxylic acids is 1. The van der Waals surface area contributed by atoms with Gasteiger partial charge in [-0.3, -0.25) is 9.36 Å². The number of esters is 1. The molecule has 3 aromatic rings. The average Bonchev–Trinajstić information content (AvgIpc) is 3.12. The zero-order valence-corrected chi connectivity index (χ0v) is 25.2. The van der Waals surface area contributed by atoms with E-state index in [-0.39, 0.29) is 12.2 Å². The molecule has 37 heavy (non-hydrogen) atoms. The van der Waals surface area contributed by atoms with Crippen molar-refractivity contribution in [1.29, 1.82) is 0 Å². The first kappa shape index (κ1) is 27.5. The quantitative estimate of drug-likeness (QED) is 0.292. The summed E-state index contributed by atoms with van der Waals surface area (Å²) in [4.78, 5) is 42.7. The van der Waals surface area contributed by atoms with Crippen molar-refractivity contribution in [2.45, 2.75) is 26.8 Å². The van der Waals surface area contributed by atoms with Gasteiger partial charge in [-0.25, -0.2) is 14.6 Å². The van der Waals surface area contributed by atoms with Gasteiger partial charge in [-0.1, -0.05) is 41.2 Å². The van der Waals surface area contributed by atoms with E-state index in [1.807, 2.05) is 43.3 Å². The summed E-state index contributed by atoms with van der Waals surface area (Å²) in [6.07, 6.45) is 1.77. The number of halogens is 2. The van der Waals surface area contributed by atoms with Gasteiger partial charge in [0.1, 0.15) is 5.75 Å². The molecule has 2 heterocycles. The Labute approximate surface area is 243 Å². The van der Waals surface area contributed by atoms with Crippen LogP contribution < -0.4 is 19.6 Å². The number of aryl methyl sites for hydroxylation is 1. The molecule has 4 rings (SSSR count). The molecule has 2 aromatic carbocycles. The Hall–Kier alpha value is -2.52. The molecule has 0 saturated carbocycles. The molecule has 192 valence electrons. The number of carbonyl (C=O) groups is 2. The summed E-state index contributed by atoms with van der Waals surface area (Å²) in [5.41, 5.74) is 3.21. The van der Waals surface area contributed by atoms with Crippen molar-refractivity contribution in [3.63, 3.8) is 0 Å². The van der Waals surface area contributed by atoms with Crippen LogP contribution in [-0.4, -0.2) is 34.8 Å². The monoisotopic (exact) mass is 744 g/mol. The first-order valence-electron chi connectivity index (χ1n) is 11.2. The molecular weight excluding hydrogens is 722 g/mol. The van der Waals surface area contributed by atoms with Crippen molar-refractivity contribution < 1.29 is 24.2 Å². The molecule has 0 spiro atoms. The minimum atomic E-state index is -1.06. The van der Waals surface area contributed by atoms with Crippen molar-refractivity contribution in [1.82, 2.24) is 4.57 Å². The van der Waals surface area contributed by atoms with E-state index in [2.05, 4.69) is 50.2 Å². The minimum absolute atomic E-state index is 0.212. The highest BCUT2D eigenvalue weighted by molar-refractivity contribution is 14.1. The van der Waals surface area contributed by atoms with Gasteiger partial charge in [0.25, 0.3) is 5.56 Å². The molecule has 1 aliphatic rings. The lowest BCUT2D eigenvalue weighted by molar-refractivity contribution is -0.140. The SMILES string of the molecule is CCOC(=O)C1=C(C)N=c2s/c(=C/c3cc(I)c(OCC(=O)O)c(I)c3)c(=O)n2[C@H]1c1ccc(C)cc1. The maximum Gasteiger partial charge on any atom is 0.341 e. The van der Waals surface area contributed by atoms with Gasteiger partial charge in [-0.05, 0) is 95.3 Å². The molecule has 8 nitrogen and oxygen atoms in total. The van der Waals surface area contributed by atoms with E-state index >= 15 is 0 Å². The number of allylic oxidation sites excluding steroid dienone is 1. The molecule has 1 aromatic heterocycles. The smallest absolute Gasteiger partial charge is 0.341 e. The zero-order valence-electron chi connectivity index (χ0n) is 20.1. The minimum Gasteiger partial charge on any atom is -0.480 e. The van der Waals surface area contributed by atoms with Crippen LogP contribution in [0.3, 0.4) is 0 Å². The Balaban J connectivity index is 1.86. The van der Waals surface area contributed by atoms with Crippen molar-refractivity contribution in [2.75, 3.05) is 13.2 Å². The van der Waals surface area contributed by atoms with Crippen LogP contribution in [0.5, 0.6) is 5.75 Å². The predicted octanol–water partition coefficient (Wildman–Crippen LogP) is 3.78. The molecule has 11 heteroatoms. The Morgan fingerprint density at radius 3 is 2.41 bits per heavy atom. The lowest BCUT2D eigenvalue weighted by Gasteiger charge is -2.24. The maximum absolute atomic E-state index is 13.7. The van der Waals surface area contributed by atoms with Gasteiger partial charge in [0.05, 0.1) is 35.6 Å². The highest BCUT2D eigenvalue weighted by atomic mass is 127. The van der Waals surface area contributed by atoms with Crippen molar-refractivity contribution in [3.05, 3.63) is 91.2 Å². The number of carboxylic acid groups (broad SMARTS) is 1. The molecule has 0 bridgehead atoms. The number of rotatable bonds is 7. The number of fused-ring (bicyclic) bond motifs is 1. The van der Waals surface area contributed by atoms with Crippen LogP contribution in [0.4, 0.5) is 0 Å². The Morgan fingerprint density at radius 2 is 1.81 bits per heavy atom. The number of aromatic nitrogens is 1. The number of benzene rings is 2. The third-order valence-electron chi connectivity index (χ3n) is 5.57. The van der Waals surface area contributed by atoms with Crippen LogP contribution in [0.15, 0.2) is 57.5 Å². The third-order valence-corrected chi connectivity index (χ3v) is 8.15. The fraction of sp³-hybridized carbons (Fsp3) is 0.231. The van der Waals surface area contributed by atoms with Gasteiger partial charge in [0.15, 0.2) is 11.4 Å². The van der Waals surface area contributed by atoms with Gasteiger partial charge in [0.2, 0.25) is 0 Å². The van der Waals surface area contributed by atoms with Crippen molar-refractivity contribution in [3.8, 4) is 5.75 Å². The van der Waals surface area contributed by atoms with Gasteiger partial charge in [0, 0.05) is 0 Å². The fourth-order valence-corrected chi connectivity index (χ4v) is 7.12. The van der Waals surface area contributed by atoms with Crippen LogP contribution in [-0.2, 0) is 14.3 Å². The van der Waals surface area contributed by atoms with E-state index in [4.69, 9.17) is 14.6 Å². The number of thiazole rings is 1. The molecule has 0 unspecified atom stereocenters. The summed E-state index contributed by atoms with van der Waals surface area (Å²) in [5, 5.41) is 8.92. The summed E-state index contributed by atoms with van der Waals surface area (Å²) < 4.78 is 14.2. The molecule has 0 saturated heterocycles. The zero-order chi connectivity index (χ0) is 26.9. The van der Waals surface area contributed by atoms with Gasteiger partial charge in [-0.2, -0.15) is 0 Å². The average molecular weight is 744 g/mol. The summed E-state index contributed by atoms with van der Waals surface area (Å²) in [7, 11) is 0. The van der Waals surface area contributed by atoms with Crippen LogP contribution in [0, 0.1) is 14.1 Å². The second-order valence-electron chi connectivity index (χ2n) is 8.21. The second-order valence-corrected chi connectivity index (χ2v) is 11.5. The number of hydrogen-bond acceptors (Lipinski definition) is 7.